The molecule has 0 fully saturated rings. The van der Waals surface area contributed by atoms with Crippen LogP contribution in [-0.4, -0.2) is 17.5 Å². The van der Waals surface area contributed by atoms with Crippen LogP contribution in [0.5, 0.6) is 0 Å². The van der Waals surface area contributed by atoms with E-state index in [2.05, 4.69) is 217 Å². The molecule has 304 valence electrons. The monoisotopic (exact) mass is 821 g/mol. The zero-order chi connectivity index (χ0) is 42.7. The fourth-order valence-electron chi connectivity index (χ4n) is 8.74. The van der Waals surface area contributed by atoms with Crippen LogP contribution in [0.2, 0.25) is 0 Å². The van der Waals surface area contributed by atoms with Crippen LogP contribution in [0.25, 0.3) is 49.9 Å². The molecule has 2 N–H and O–H groups in total. The predicted octanol–water partition coefficient (Wildman–Crippen LogP) is 13.5. The highest BCUT2D eigenvalue weighted by Crippen LogP contribution is 2.37. The van der Waals surface area contributed by atoms with Crippen molar-refractivity contribution in [2.75, 3.05) is 0 Å². The summed E-state index contributed by atoms with van der Waals surface area (Å²) in [4.78, 5) is 15.5. The normalized spacial score (nSPS) is 15.8. The Kier molecular flexibility index (Phi) is 10.3. The van der Waals surface area contributed by atoms with Gasteiger partial charge < -0.3 is 10.6 Å². The van der Waals surface area contributed by atoms with E-state index in [9.17, 15) is 0 Å². The largest absolute Gasteiger partial charge is 0.359 e. The molecule has 9 aromatic rings. The highest BCUT2D eigenvalue weighted by atomic mass is 15.2. The molecule has 0 bridgehead atoms. The van der Waals surface area contributed by atoms with Crippen LogP contribution in [0, 0.1) is 0 Å². The summed E-state index contributed by atoms with van der Waals surface area (Å²) in [5, 5.41) is 9.73. The molecule has 5 nitrogen and oxygen atoms in total. The molecule has 9 aromatic carbocycles. The van der Waals surface area contributed by atoms with E-state index < -0.39 is 0 Å². The molecule has 2 atom stereocenters. The molecule has 0 saturated carbocycles. The van der Waals surface area contributed by atoms with Crippen molar-refractivity contribution in [1.29, 1.82) is 0 Å². The molecular formula is C59H43N5. The number of hydrogen-bond donors (Lipinski definition) is 2. The molecule has 64 heavy (non-hydrogen) atoms. The fraction of sp³-hybridized carbons (Fsp3) is 0.0339. The summed E-state index contributed by atoms with van der Waals surface area (Å²) in [6.45, 7) is 0. The molecule has 0 aliphatic carbocycles. The van der Waals surface area contributed by atoms with Crippen molar-refractivity contribution >= 4 is 34.0 Å². The summed E-state index contributed by atoms with van der Waals surface area (Å²) in [7, 11) is 0. The Labute approximate surface area is 373 Å². The van der Waals surface area contributed by atoms with Gasteiger partial charge in [0.25, 0.3) is 0 Å². The molecule has 0 aromatic heterocycles. The van der Waals surface area contributed by atoms with Gasteiger partial charge in [-0.3, -0.25) is 0 Å². The van der Waals surface area contributed by atoms with Crippen LogP contribution < -0.4 is 10.6 Å². The lowest BCUT2D eigenvalue weighted by Gasteiger charge is -2.25. The molecule has 5 heteroatoms. The summed E-state index contributed by atoms with van der Waals surface area (Å²) < 4.78 is 0. The Balaban J connectivity index is 0.934. The lowest BCUT2D eigenvalue weighted by Crippen LogP contribution is -2.34. The first-order valence-electron chi connectivity index (χ1n) is 21.7. The van der Waals surface area contributed by atoms with Gasteiger partial charge >= 0.3 is 0 Å². The predicted molar refractivity (Wildman–Crippen MR) is 265 cm³/mol. The van der Waals surface area contributed by atoms with Crippen LogP contribution in [0.1, 0.15) is 45.6 Å². The van der Waals surface area contributed by atoms with Crippen molar-refractivity contribution < 1.29 is 0 Å². The number of nitrogens with one attached hydrogen (secondary N) is 2. The molecule has 0 radical (unpaired) electrons. The molecule has 11 rings (SSSR count). The Hall–Kier alpha value is -8.41. The van der Waals surface area contributed by atoms with Gasteiger partial charge in [0, 0.05) is 27.8 Å². The van der Waals surface area contributed by atoms with Gasteiger partial charge in [0.2, 0.25) is 0 Å². The molecule has 2 heterocycles. The first kappa shape index (κ1) is 38.5. The highest BCUT2D eigenvalue weighted by molar-refractivity contribution is 6.18. The van der Waals surface area contributed by atoms with Gasteiger partial charge in [-0.05, 0) is 67.9 Å². The maximum atomic E-state index is 5.21. The Morgan fingerprint density at radius 2 is 0.906 bits per heavy atom. The van der Waals surface area contributed by atoms with Crippen LogP contribution >= 0.6 is 0 Å². The van der Waals surface area contributed by atoms with Crippen LogP contribution in [0.3, 0.4) is 0 Å². The number of benzene rings is 9. The fourth-order valence-corrected chi connectivity index (χ4v) is 8.74. The van der Waals surface area contributed by atoms with Crippen LogP contribution in [-0.2, 0) is 0 Å². The maximum absolute atomic E-state index is 5.21. The number of amidine groups is 3. The third kappa shape index (κ3) is 7.83. The molecule has 0 saturated heterocycles. The second-order valence-electron chi connectivity index (χ2n) is 16.1. The SMILES string of the molecule is C1=C(c2cccc(-c3cccc(-c4ccc(-c5c(C6=NC(c7ccccc7)=NC(c7ccccc7)N6)ccc6ccccc56)cc4)c3)c2)N=C(c2ccccc2)NC1c1ccccc1. The summed E-state index contributed by atoms with van der Waals surface area (Å²) in [6, 6.07) is 81.0. The molecule has 0 spiro atoms. The topological polar surface area (TPSA) is 61.1 Å². The second kappa shape index (κ2) is 17.2. The smallest absolute Gasteiger partial charge is 0.159 e. The van der Waals surface area contributed by atoms with E-state index in [1.54, 1.807) is 0 Å². The van der Waals surface area contributed by atoms with Gasteiger partial charge in [-0.1, -0.05) is 218 Å². The molecule has 2 aliphatic rings. The quantitative estimate of drug-likeness (QED) is 0.152. The van der Waals surface area contributed by atoms with Crippen LogP contribution in [0.4, 0.5) is 0 Å². The second-order valence-corrected chi connectivity index (χ2v) is 16.1. The van der Waals surface area contributed by atoms with E-state index in [0.29, 0.717) is 5.84 Å². The van der Waals surface area contributed by atoms with E-state index in [1.165, 1.54) is 16.3 Å². The first-order valence-corrected chi connectivity index (χ1v) is 21.7. The van der Waals surface area contributed by atoms with Crippen molar-refractivity contribution in [3.63, 3.8) is 0 Å². The van der Waals surface area contributed by atoms with E-state index in [-0.39, 0.29) is 12.2 Å². The molecule has 2 aliphatic heterocycles. The number of aliphatic imine (C=N–C) groups is 3. The maximum Gasteiger partial charge on any atom is 0.159 e. The summed E-state index contributed by atoms with van der Waals surface area (Å²) in [5.74, 6) is 2.36. The van der Waals surface area contributed by atoms with Crippen LogP contribution in [0.15, 0.2) is 252 Å². The standard InChI is InChI=1S/C59H43N5/c1-5-18-42(19-6-1)53-39-54(61-56(60-53)44-20-7-2-8-21-44)50-29-16-28-49(38-50)48-27-15-26-47(37-48)40-31-33-43(34-32-40)55-51-30-14-13-17-41(51)35-36-52(55)59-63-57(45-22-9-3-10-23-45)62-58(64-59)46-24-11-4-12-25-46/h1-39,53,57H,(H,60,61)(H,62,63,64). The third-order valence-corrected chi connectivity index (χ3v) is 12.0. The summed E-state index contributed by atoms with van der Waals surface area (Å²) in [6.07, 6.45) is 1.94. The number of fused-ring (bicyclic) bond motifs is 1. The zero-order valence-corrected chi connectivity index (χ0v) is 35.0. The Morgan fingerprint density at radius 1 is 0.359 bits per heavy atom. The lowest BCUT2D eigenvalue weighted by atomic mass is 9.91. The summed E-state index contributed by atoms with van der Waals surface area (Å²) in [5.41, 5.74) is 14.2. The van der Waals surface area contributed by atoms with Gasteiger partial charge in [0.1, 0.15) is 17.8 Å². The van der Waals surface area contributed by atoms with Crippen molar-refractivity contribution in [3.8, 4) is 33.4 Å². The van der Waals surface area contributed by atoms with Gasteiger partial charge in [-0.2, -0.15) is 0 Å². The summed E-state index contributed by atoms with van der Waals surface area (Å²) >= 11 is 0. The van der Waals surface area contributed by atoms with Crippen molar-refractivity contribution in [1.82, 2.24) is 10.6 Å². The Morgan fingerprint density at radius 3 is 1.61 bits per heavy atom. The van der Waals surface area contributed by atoms with E-state index in [0.717, 1.165) is 78.6 Å². The Bertz CT molecular complexity index is 3250. The van der Waals surface area contributed by atoms with Gasteiger partial charge in [0.05, 0.1) is 11.7 Å². The first-order chi connectivity index (χ1) is 31.7. The number of hydrogen-bond acceptors (Lipinski definition) is 5. The van der Waals surface area contributed by atoms with Gasteiger partial charge in [0.15, 0.2) is 5.84 Å². The molecular weight excluding hydrogens is 779 g/mol. The minimum Gasteiger partial charge on any atom is -0.359 e. The molecule has 2 unspecified atom stereocenters. The van der Waals surface area contributed by atoms with Gasteiger partial charge in [-0.15, -0.1) is 0 Å². The molecule has 0 amide bonds. The average molecular weight is 822 g/mol. The van der Waals surface area contributed by atoms with Crippen molar-refractivity contribution in [3.05, 3.63) is 270 Å². The zero-order valence-electron chi connectivity index (χ0n) is 35.0. The van der Waals surface area contributed by atoms with E-state index in [1.807, 2.05) is 30.3 Å². The number of rotatable bonds is 9. The third-order valence-electron chi connectivity index (χ3n) is 12.0. The lowest BCUT2D eigenvalue weighted by molar-refractivity contribution is 0.674. The van der Waals surface area contributed by atoms with Gasteiger partial charge in [-0.25, -0.2) is 15.0 Å². The van der Waals surface area contributed by atoms with Crippen molar-refractivity contribution in [2.24, 2.45) is 15.0 Å². The number of nitrogens with zero attached hydrogens (tertiary/aromatic N) is 3. The minimum absolute atomic E-state index is 0.0115. The van der Waals surface area contributed by atoms with E-state index >= 15 is 0 Å². The van der Waals surface area contributed by atoms with Crippen molar-refractivity contribution in [2.45, 2.75) is 12.2 Å². The highest BCUT2D eigenvalue weighted by Gasteiger charge is 2.24. The average Bonchev–Trinajstić information content (AvgIpc) is 3.39. The van der Waals surface area contributed by atoms with E-state index in [4.69, 9.17) is 15.0 Å². The minimum atomic E-state index is -0.291.